The molecule has 2 amide bonds. The molecule has 10 heteroatoms. The van der Waals surface area contributed by atoms with Crippen molar-refractivity contribution in [3.63, 3.8) is 0 Å². The van der Waals surface area contributed by atoms with Crippen LogP contribution in [0.25, 0.3) is 0 Å². The van der Waals surface area contributed by atoms with Crippen molar-refractivity contribution in [1.29, 1.82) is 0 Å². The zero-order chi connectivity index (χ0) is 28.9. The number of carbonyl (C=O) groups is 2. The maximum Gasteiger partial charge on any atom is 0.262 e. The summed E-state index contributed by atoms with van der Waals surface area (Å²) in [5.41, 5.74) is 4.05. The molecule has 2 N–H and O–H groups in total. The molecule has 0 aliphatic heterocycles. The van der Waals surface area contributed by atoms with Crippen LogP contribution < -0.4 is 25.0 Å². The first-order valence-corrected chi connectivity index (χ1v) is 13.4. The van der Waals surface area contributed by atoms with E-state index in [1.54, 1.807) is 43.3 Å². The lowest BCUT2D eigenvalue weighted by molar-refractivity contribution is -0.132. The Bertz CT molecular complexity index is 1330. The third-order valence-corrected chi connectivity index (χ3v) is 6.03. The topological polar surface area (TPSA) is 98.2 Å². The predicted octanol–water partition coefficient (Wildman–Crippen LogP) is 5.60. The second-order valence-electron chi connectivity index (χ2n) is 8.56. The van der Waals surface area contributed by atoms with Crippen molar-refractivity contribution in [3.05, 3.63) is 101 Å². The molecule has 3 aromatic carbocycles. The van der Waals surface area contributed by atoms with Crippen molar-refractivity contribution in [2.45, 2.75) is 32.4 Å². The molecule has 40 heavy (non-hydrogen) atoms. The van der Waals surface area contributed by atoms with E-state index in [0.29, 0.717) is 41.0 Å². The summed E-state index contributed by atoms with van der Waals surface area (Å²) >= 11 is 12.1. The molecule has 8 nitrogen and oxygen atoms in total. The van der Waals surface area contributed by atoms with Gasteiger partial charge in [0.05, 0.1) is 17.8 Å². The Morgan fingerprint density at radius 3 is 2.42 bits per heavy atom. The molecule has 0 aliphatic carbocycles. The standard InChI is InChI=1S/C30H31Cl2N3O5/c1-4-15-39-27-13-11-22(17-28(27)38-5-2)19-33-35-30(37)25(16-21-9-7-6-8-10-21)34-29(36)20(3)40-26-14-12-23(31)18-24(26)32/h4,6-14,17-20,25H,1,5,15-16H2,2-3H3,(H,34,36)(H,35,37)/b33-19-/t20-,25-/m0/s1. The molecule has 0 radical (unpaired) electrons. The fourth-order valence-corrected chi connectivity index (χ4v) is 4.01. The van der Waals surface area contributed by atoms with E-state index in [1.165, 1.54) is 12.3 Å². The largest absolute Gasteiger partial charge is 0.490 e. The Morgan fingerprint density at radius 1 is 0.975 bits per heavy atom. The first kappa shape index (κ1) is 30.5. The number of halogens is 2. The number of hydrazone groups is 1. The minimum Gasteiger partial charge on any atom is -0.490 e. The zero-order valence-electron chi connectivity index (χ0n) is 22.2. The van der Waals surface area contributed by atoms with E-state index in [4.69, 9.17) is 37.4 Å². The third kappa shape index (κ3) is 9.32. The van der Waals surface area contributed by atoms with Gasteiger partial charge in [0, 0.05) is 11.4 Å². The summed E-state index contributed by atoms with van der Waals surface area (Å²) in [6.07, 6.45) is 2.43. The summed E-state index contributed by atoms with van der Waals surface area (Å²) in [6, 6.07) is 18.4. The highest BCUT2D eigenvalue weighted by atomic mass is 35.5. The fourth-order valence-electron chi connectivity index (χ4n) is 3.55. The van der Waals surface area contributed by atoms with Gasteiger partial charge in [0.25, 0.3) is 11.8 Å². The molecule has 0 spiro atoms. The summed E-state index contributed by atoms with van der Waals surface area (Å²) in [7, 11) is 0. The molecule has 0 saturated heterocycles. The van der Waals surface area contributed by atoms with Gasteiger partial charge in [-0.25, -0.2) is 5.43 Å². The van der Waals surface area contributed by atoms with Gasteiger partial charge in [0.1, 0.15) is 18.4 Å². The Kier molecular flexibility index (Phi) is 11.9. The number of benzene rings is 3. The van der Waals surface area contributed by atoms with E-state index in [2.05, 4.69) is 22.4 Å². The Hall–Kier alpha value is -4.01. The smallest absolute Gasteiger partial charge is 0.262 e. The van der Waals surface area contributed by atoms with Gasteiger partial charge in [-0.05, 0) is 61.4 Å². The maximum absolute atomic E-state index is 13.1. The number of nitrogens with one attached hydrogen (secondary N) is 2. The van der Waals surface area contributed by atoms with Gasteiger partial charge in [-0.3, -0.25) is 9.59 Å². The summed E-state index contributed by atoms with van der Waals surface area (Å²) in [6.45, 7) is 7.88. The minimum atomic E-state index is -0.938. The first-order valence-electron chi connectivity index (χ1n) is 12.6. The average Bonchev–Trinajstić information content (AvgIpc) is 2.94. The second kappa shape index (κ2) is 15.5. The van der Waals surface area contributed by atoms with Crippen molar-refractivity contribution in [2.24, 2.45) is 5.10 Å². The van der Waals surface area contributed by atoms with Crippen LogP contribution in [0.4, 0.5) is 0 Å². The summed E-state index contributed by atoms with van der Waals surface area (Å²) in [4.78, 5) is 26.1. The van der Waals surface area contributed by atoms with Crippen LogP contribution in [0.3, 0.4) is 0 Å². The quantitative estimate of drug-likeness (QED) is 0.146. The maximum atomic E-state index is 13.1. The number of hydrogen-bond donors (Lipinski definition) is 2. The molecule has 0 unspecified atom stereocenters. The second-order valence-corrected chi connectivity index (χ2v) is 9.40. The molecule has 0 aromatic heterocycles. The van der Waals surface area contributed by atoms with E-state index in [1.807, 2.05) is 37.3 Å². The van der Waals surface area contributed by atoms with Crippen molar-refractivity contribution >= 4 is 41.2 Å². The van der Waals surface area contributed by atoms with Gasteiger partial charge < -0.3 is 19.5 Å². The van der Waals surface area contributed by atoms with Crippen LogP contribution in [0.15, 0.2) is 84.5 Å². The number of ether oxygens (including phenoxy) is 3. The molecule has 0 fully saturated rings. The van der Waals surface area contributed by atoms with Crippen LogP contribution in [-0.4, -0.2) is 43.4 Å². The van der Waals surface area contributed by atoms with Gasteiger partial charge in [-0.15, -0.1) is 0 Å². The lowest BCUT2D eigenvalue weighted by atomic mass is 10.1. The first-order chi connectivity index (χ1) is 19.3. The highest BCUT2D eigenvalue weighted by molar-refractivity contribution is 6.35. The van der Waals surface area contributed by atoms with E-state index in [9.17, 15) is 9.59 Å². The number of carbonyl (C=O) groups excluding carboxylic acids is 2. The molecule has 0 heterocycles. The highest BCUT2D eigenvalue weighted by Crippen LogP contribution is 2.29. The van der Waals surface area contributed by atoms with Gasteiger partial charge in [-0.2, -0.15) is 5.10 Å². The van der Waals surface area contributed by atoms with Crippen LogP contribution >= 0.6 is 23.2 Å². The molecule has 210 valence electrons. The SMILES string of the molecule is C=CCOc1ccc(/C=N\NC(=O)[C@H](Cc2ccccc2)NC(=O)[C@H](C)Oc2ccc(Cl)cc2Cl)cc1OCC. The molecule has 0 bridgehead atoms. The highest BCUT2D eigenvalue weighted by Gasteiger charge is 2.25. The fraction of sp³-hybridized carbons (Fsp3) is 0.233. The van der Waals surface area contributed by atoms with Crippen LogP contribution in [0.5, 0.6) is 17.2 Å². The van der Waals surface area contributed by atoms with Crippen molar-refractivity contribution in [2.75, 3.05) is 13.2 Å². The Morgan fingerprint density at radius 2 is 1.73 bits per heavy atom. The summed E-state index contributed by atoms with van der Waals surface area (Å²) in [5, 5.41) is 7.56. The van der Waals surface area contributed by atoms with Gasteiger partial charge in [0.2, 0.25) is 0 Å². The summed E-state index contributed by atoms with van der Waals surface area (Å²) in [5.74, 6) is 0.423. The van der Waals surface area contributed by atoms with Crippen LogP contribution in [-0.2, 0) is 16.0 Å². The average molecular weight is 585 g/mol. The van der Waals surface area contributed by atoms with E-state index in [0.717, 1.165) is 5.56 Å². The van der Waals surface area contributed by atoms with Crippen molar-refractivity contribution < 1.29 is 23.8 Å². The molecular formula is C30H31Cl2N3O5. The molecule has 3 rings (SSSR count). The monoisotopic (exact) mass is 583 g/mol. The van der Waals surface area contributed by atoms with E-state index >= 15 is 0 Å². The normalized spacial score (nSPS) is 12.3. The minimum absolute atomic E-state index is 0.242. The molecule has 0 saturated carbocycles. The van der Waals surface area contributed by atoms with Crippen LogP contribution in [0, 0.1) is 0 Å². The third-order valence-electron chi connectivity index (χ3n) is 5.50. The molecule has 0 aliphatic rings. The van der Waals surface area contributed by atoms with Crippen LogP contribution in [0.2, 0.25) is 10.0 Å². The van der Waals surface area contributed by atoms with E-state index in [-0.39, 0.29) is 11.4 Å². The Labute approximate surface area is 243 Å². The molecular weight excluding hydrogens is 553 g/mol. The number of nitrogens with zero attached hydrogens (tertiary/aromatic N) is 1. The number of hydrogen-bond acceptors (Lipinski definition) is 6. The van der Waals surface area contributed by atoms with E-state index < -0.39 is 24.0 Å². The van der Waals surface area contributed by atoms with Crippen molar-refractivity contribution in [3.8, 4) is 17.2 Å². The Balaban J connectivity index is 1.70. The van der Waals surface area contributed by atoms with Crippen molar-refractivity contribution in [1.82, 2.24) is 10.7 Å². The van der Waals surface area contributed by atoms with Gasteiger partial charge >= 0.3 is 0 Å². The zero-order valence-corrected chi connectivity index (χ0v) is 23.7. The molecule has 3 aromatic rings. The van der Waals surface area contributed by atoms with Gasteiger partial charge in [0.15, 0.2) is 17.6 Å². The lowest BCUT2D eigenvalue weighted by Crippen LogP contribution is -2.50. The predicted molar refractivity (Wildman–Crippen MR) is 158 cm³/mol. The van der Waals surface area contributed by atoms with Gasteiger partial charge in [-0.1, -0.05) is 66.2 Å². The molecule has 2 atom stereocenters. The van der Waals surface area contributed by atoms with Crippen LogP contribution in [0.1, 0.15) is 25.0 Å². The number of amides is 2. The lowest BCUT2D eigenvalue weighted by Gasteiger charge is -2.21. The number of rotatable bonds is 14. The summed E-state index contributed by atoms with van der Waals surface area (Å²) < 4.78 is 17.0.